The first-order chi connectivity index (χ1) is 24.0. The molecule has 4 aliphatic heterocycles. The summed E-state index contributed by atoms with van der Waals surface area (Å²) in [4.78, 5) is 0. The van der Waals surface area contributed by atoms with Crippen molar-refractivity contribution in [3.63, 3.8) is 0 Å². The third-order valence-electron chi connectivity index (χ3n) is 9.18. The summed E-state index contributed by atoms with van der Waals surface area (Å²) in [5, 5.41) is 175. The molecule has 4 fully saturated rings. The Balaban J connectivity index is 1.71. The summed E-state index contributed by atoms with van der Waals surface area (Å²) < 4.78 is 38.6. The van der Waals surface area contributed by atoms with Gasteiger partial charge in [0.05, 0.1) is 26.4 Å². The molecule has 23 atom stereocenters. The van der Waals surface area contributed by atoms with Crippen LogP contribution in [-0.4, -0.2) is 254 Å². The van der Waals surface area contributed by atoms with Crippen LogP contribution in [0, 0.1) is 0 Å². The highest BCUT2D eigenvalue weighted by Gasteiger charge is 2.57. The SMILES string of the molecule is OCC(O)C1OC(OC2C(OC3C(O)C(O)OC(C(O)CO)C3OC3OC(CO)C(O)C(O)C3O)OC(C(O)CO)C(O)C2O)C(O)C(O)C1O. The summed E-state index contributed by atoms with van der Waals surface area (Å²) in [6.07, 6.45) is -46.5. The van der Waals surface area contributed by atoms with Crippen molar-refractivity contribution in [1.29, 1.82) is 0 Å². The fourth-order valence-corrected chi connectivity index (χ4v) is 6.18. The minimum atomic E-state index is -2.26. The number of ether oxygens (including phenoxy) is 7. The molecule has 17 N–H and O–H groups in total. The highest BCUT2D eigenvalue weighted by molar-refractivity contribution is 5.00. The Hall–Kier alpha value is -0.960. The molecule has 4 rings (SSSR count). The van der Waals surface area contributed by atoms with Gasteiger partial charge < -0.3 is 120 Å². The van der Waals surface area contributed by atoms with E-state index in [0.717, 1.165) is 0 Å². The summed E-state index contributed by atoms with van der Waals surface area (Å²) in [5.41, 5.74) is 0. The zero-order valence-corrected chi connectivity index (χ0v) is 26.6. The lowest BCUT2D eigenvalue weighted by Gasteiger charge is -2.50. The van der Waals surface area contributed by atoms with Gasteiger partial charge in [0, 0.05) is 0 Å². The van der Waals surface area contributed by atoms with Crippen molar-refractivity contribution in [1.82, 2.24) is 0 Å². The first kappa shape index (κ1) is 42.8. The van der Waals surface area contributed by atoms with Gasteiger partial charge in [-0.15, -0.1) is 0 Å². The molecule has 0 aliphatic carbocycles. The lowest BCUT2D eigenvalue weighted by Crippen LogP contribution is -2.69. The number of hydrogen-bond acceptors (Lipinski definition) is 24. The second kappa shape index (κ2) is 18.1. The molecule has 0 aromatic heterocycles. The smallest absolute Gasteiger partial charge is 0.187 e. The Kier molecular flexibility index (Phi) is 15.2. The van der Waals surface area contributed by atoms with E-state index < -0.39 is 168 Å². The lowest BCUT2D eigenvalue weighted by molar-refractivity contribution is -0.405. The van der Waals surface area contributed by atoms with Crippen LogP contribution >= 0.6 is 0 Å². The van der Waals surface area contributed by atoms with Crippen molar-refractivity contribution >= 4 is 0 Å². The second-order valence-electron chi connectivity index (χ2n) is 12.6. The van der Waals surface area contributed by atoms with Crippen LogP contribution in [0.25, 0.3) is 0 Å². The lowest BCUT2D eigenvalue weighted by atomic mass is 9.92. The molecule has 24 heteroatoms. The Labute approximate surface area is 288 Å². The van der Waals surface area contributed by atoms with Crippen molar-refractivity contribution in [2.45, 2.75) is 141 Å². The van der Waals surface area contributed by atoms with Gasteiger partial charge in [-0.05, 0) is 0 Å². The van der Waals surface area contributed by atoms with Gasteiger partial charge in [-0.25, -0.2) is 0 Å². The number of aliphatic hydroxyl groups excluding tert-OH is 17. The van der Waals surface area contributed by atoms with Crippen LogP contribution in [0.15, 0.2) is 0 Å². The van der Waals surface area contributed by atoms with E-state index >= 15 is 0 Å². The highest BCUT2D eigenvalue weighted by Crippen LogP contribution is 2.36. The summed E-state index contributed by atoms with van der Waals surface area (Å²) in [7, 11) is 0. The Morgan fingerprint density at radius 1 is 0.392 bits per heavy atom. The monoisotopic (exact) mass is 756 g/mol. The molecule has 0 amide bonds. The molecule has 0 spiro atoms. The van der Waals surface area contributed by atoms with E-state index in [4.69, 9.17) is 33.2 Å². The van der Waals surface area contributed by atoms with Crippen LogP contribution in [0.2, 0.25) is 0 Å². The Bertz CT molecular complexity index is 1060. The maximum absolute atomic E-state index is 11.1. The van der Waals surface area contributed by atoms with E-state index in [1.165, 1.54) is 0 Å². The zero-order chi connectivity index (χ0) is 38.1. The molecular formula is C27H48O24. The van der Waals surface area contributed by atoms with Crippen LogP contribution in [0.4, 0.5) is 0 Å². The molecule has 0 saturated carbocycles. The Morgan fingerprint density at radius 3 is 1.35 bits per heavy atom. The summed E-state index contributed by atoms with van der Waals surface area (Å²) in [5.74, 6) is 0. The van der Waals surface area contributed by atoms with Crippen molar-refractivity contribution < 1.29 is 120 Å². The first-order valence-corrected chi connectivity index (χ1v) is 15.9. The molecule has 0 aromatic carbocycles. The molecule has 0 aromatic rings. The third-order valence-corrected chi connectivity index (χ3v) is 9.18. The van der Waals surface area contributed by atoms with Crippen molar-refractivity contribution in [2.75, 3.05) is 26.4 Å². The van der Waals surface area contributed by atoms with Crippen LogP contribution in [0.5, 0.6) is 0 Å². The molecule has 4 aliphatic rings. The van der Waals surface area contributed by atoms with E-state index in [-0.39, 0.29) is 0 Å². The van der Waals surface area contributed by atoms with Gasteiger partial charge >= 0.3 is 0 Å². The van der Waals surface area contributed by atoms with Gasteiger partial charge in [-0.3, -0.25) is 0 Å². The van der Waals surface area contributed by atoms with Gasteiger partial charge in [0.2, 0.25) is 0 Å². The molecule has 23 unspecified atom stereocenters. The highest BCUT2D eigenvalue weighted by atomic mass is 16.8. The fourth-order valence-electron chi connectivity index (χ4n) is 6.18. The predicted octanol–water partition coefficient (Wildman–Crippen LogP) is -11.7. The average Bonchev–Trinajstić information content (AvgIpc) is 3.12. The Morgan fingerprint density at radius 2 is 0.824 bits per heavy atom. The third kappa shape index (κ3) is 8.80. The maximum Gasteiger partial charge on any atom is 0.187 e. The maximum atomic E-state index is 11.1. The summed E-state index contributed by atoms with van der Waals surface area (Å²) in [6, 6.07) is 0. The fraction of sp³-hybridized carbons (Fsp3) is 1.00. The molecule has 24 nitrogen and oxygen atoms in total. The largest absolute Gasteiger partial charge is 0.394 e. The minimum absolute atomic E-state index is 0.906. The quantitative estimate of drug-likeness (QED) is 0.0829. The van der Waals surface area contributed by atoms with E-state index in [1.54, 1.807) is 0 Å². The van der Waals surface area contributed by atoms with Gasteiger partial charge in [-0.2, -0.15) is 0 Å². The number of hydrogen-bond donors (Lipinski definition) is 17. The van der Waals surface area contributed by atoms with E-state index in [9.17, 15) is 86.8 Å². The first-order valence-electron chi connectivity index (χ1n) is 15.9. The summed E-state index contributed by atoms with van der Waals surface area (Å²) >= 11 is 0. The normalized spacial score (nSPS) is 50.1. The minimum Gasteiger partial charge on any atom is -0.394 e. The van der Waals surface area contributed by atoms with Crippen molar-refractivity contribution in [3.05, 3.63) is 0 Å². The van der Waals surface area contributed by atoms with Gasteiger partial charge in [-0.1, -0.05) is 0 Å². The van der Waals surface area contributed by atoms with E-state index in [2.05, 4.69) is 0 Å². The van der Waals surface area contributed by atoms with Gasteiger partial charge in [0.25, 0.3) is 0 Å². The molecular weight excluding hydrogens is 708 g/mol. The summed E-state index contributed by atoms with van der Waals surface area (Å²) in [6.45, 7) is -4.05. The topological polar surface area (TPSA) is 409 Å². The van der Waals surface area contributed by atoms with Crippen LogP contribution < -0.4 is 0 Å². The van der Waals surface area contributed by atoms with Crippen LogP contribution in [-0.2, 0) is 33.2 Å². The molecule has 0 radical (unpaired) electrons. The number of aliphatic hydroxyl groups is 17. The second-order valence-corrected chi connectivity index (χ2v) is 12.6. The molecule has 300 valence electrons. The van der Waals surface area contributed by atoms with Crippen molar-refractivity contribution in [2.24, 2.45) is 0 Å². The molecule has 4 saturated heterocycles. The average molecular weight is 757 g/mol. The molecule has 4 heterocycles. The van der Waals surface area contributed by atoms with E-state index in [0.29, 0.717) is 0 Å². The standard InChI is InChI=1S/C27H48O24/c28-1-5(32)18-12(38)11(37)16(42)26(47-18)50-22-14(40)13(39)19(6(33)2-29)48-27(22)49-21-17(43)24(44)46-20(7(34)3-30)23(21)51-25-15(41)10(36)9(35)8(4-31)45-25/h5-44H,1-4H2. The van der Waals surface area contributed by atoms with Crippen LogP contribution in [0.1, 0.15) is 0 Å². The van der Waals surface area contributed by atoms with Gasteiger partial charge in [0.1, 0.15) is 116 Å². The van der Waals surface area contributed by atoms with Gasteiger partial charge in [0.15, 0.2) is 25.2 Å². The van der Waals surface area contributed by atoms with Crippen LogP contribution in [0.3, 0.4) is 0 Å². The zero-order valence-electron chi connectivity index (χ0n) is 26.6. The molecule has 0 bridgehead atoms. The van der Waals surface area contributed by atoms with Crippen molar-refractivity contribution in [3.8, 4) is 0 Å². The predicted molar refractivity (Wildman–Crippen MR) is 152 cm³/mol. The van der Waals surface area contributed by atoms with E-state index in [1.807, 2.05) is 0 Å². The molecule has 51 heavy (non-hydrogen) atoms. The number of rotatable bonds is 13.